The van der Waals surface area contributed by atoms with E-state index in [1.54, 1.807) is 6.08 Å². The first-order valence-corrected chi connectivity index (χ1v) is 11.1. The van der Waals surface area contributed by atoms with Crippen LogP contribution in [0, 0.1) is 11.9 Å². The summed E-state index contributed by atoms with van der Waals surface area (Å²) in [6.45, 7) is 0. The number of carbonyl (C=O) groups excluding carboxylic acids is 1. The quantitative estimate of drug-likeness (QED) is 0.289. The third-order valence-corrected chi connectivity index (χ3v) is 6.30. The Morgan fingerprint density at radius 2 is 1.70 bits per heavy atom. The van der Waals surface area contributed by atoms with Crippen molar-refractivity contribution in [2.24, 2.45) is 11.7 Å². The topological polar surface area (TPSA) is 71.8 Å². The maximum atomic E-state index is 14.4. The molecule has 164 valence electrons. The number of carbonyl (C=O) groups is 1. The summed E-state index contributed by atoms with van der Waals surface area (Å²) in [4.78, 5) is 11.1. The Labute approximate surface area is 191 Å². The molecule has 5 rings (SSSR count). The number of nitrogens with one attached hydrogen (secondary N) is 1. The van der Waals surface area contributed by atoms with Crippen LogP contribution in [0.5, 0.6) is 0 Å². The van der Waals surface area contributed by atoms with Crippen LogP contribution in [0.1, 0.15) is 41.5 Å². The van der Waals surface area contributed by atoms with Crippen molar-refractivity contribution in [1.29, 1.82) is 0 Å². The number of halogens is 1. The number of fused-ring (bicyclic) bond motifs is 1. The lowest BCUT2D eigenvalue weighted by atomic mass is 9.73. The molecule has 0 spiro atoms. The SMILES string of the molecule is NC(=O)C=Cc1ccc(/C(=C(\c2ccccc2)C2CCC2)c2ccc3n[nH]c(F)c3c2)cc1. The highest BCUT2D eigenvalue weighted by Gasteiger charge is 2.27. The minimum atomic E-state index is -0.480. The van der Waals surface area contributed by atoms with Gasteiger partial charge in [-0.3, -0.25) is 9.89 Å². The molecule has 3 aromatic carbocycles. The highest BCUT2D eigenvalue weighted by Crippen LogP contribution is 2.45. The molecular weight excluding hydrogens is 413 g/mol. The lowest BCUT2D eigenvalue weighted by Gasteiger charge is -2.31. The van der Waals surface area contributed by atoms with Gasteiger partial charge in [0.15, 0.2) is 0 Å². The molecule has 1 heterocycles. The number of aromatic nitrogens is 2. The maximum absolute atomic E-state index is 14.4. The van der Waals surface area contributed by atoms with E-state index in [4.69, 9.17) is 5.73 Å². The molecule has 1 saturated carbocycles. The Bertz CT molecular complexity index is 1360. The van der Waals surface area contributed by atoms with Crippen LogP contribution in [-0.4, -0.2) is 16.1 Å². The Kier molecular flexibility index (Phi) is 5.61. The van der Waals surface area contributed by atoms with Crippen molar-refractivity contribution in [3.8, 4) is 0 Å². The largest absolute Gasteiger partial charge is 0.366 e. The number of hydrogen-bond donors (Lipinski definition) is 2. The van der Waals surface area contributed by atoms with Crippen molar-refractivity contribution in [3.05, 3.63) is 107 Å². The zero-order valence-electron chi connectivity index (χ0n) is 18.1. The zero-order valence-corrected chi connectivity index (χ0v) is 18.1. The molecule has 1 aromatic heterocycles. The van der Waals surface area contributed by atoms with Gasteiger partial charge in [-0.15, -0.1) is 0 Å². The number of primary amides is 1. The summed E-state index contributed by atoms with van der Waals surface area (Å²) in [5.41, 5.74) is 12.3. The van der Waals surface area contributed by atoms with Gasteiger partial charge in [0.1, 0.15) is 0 Å². The molecule has 5 heteroatoms. The van der Waals surface area contributed by atoms with Crippen LogP contribution < -0.4 is 5.73 Å². The molecular formula is C28H24FN3O. The Morgan fingerprint density at radius 1 is 0.970 bits per heavy atom. The molecule has 1 fully saturated rings. The summed E-state index contributed by atoms with van der Waals surface area (Å²) in [5, 5.41) is 6.96. The van der Waals surface area contributed by atoms with Crippen LogP contribution in [0.4, 0.5) is 4.39 Å². The molecule has 3 N–H and O–H groups in total. The molecule has 4 aromatic rings. The number of rotatable bonds is 6. The van der Waals surface area contributed by atoms with E-state index in [-0.39, 0.29) is 0 Å². The molecule has 1 aliphatic carbocycles. The second-order valence-corrected chi connectivity index (χ2v) is 8.41. The van der Waals surface area contributed by atoms with Gasteiger partial charge in [-0.25, -0.2) is 0 Å². The highest BCUT2D eigenvalue weighted by molar-refractivity contribution is 6.01. The van der Waals surface area contributed by atoms with Crippen molar-refractivity contribution in [2.75, 3.05) is 0 Å². The van der Waals surface area contributed by atoms with Gasteiger partial charge in [-0.05, 0) is 70.4 Å². The van der Waals surface area contributed by atoms with Crippen LogP contribution in [0.3, 0.4) is 0 Å². The van der Waals surface area contributed by atoms with Gasteiger partial charge in [-0.1, -0.05) is 67.1 Å². The Balaban J connectivity index is 1.73. The first-order valence-electron chi connectivity index (χ1n) is 11.1. The van der Waals surface area contributed by atoms with E-state index in [1.165, 1.54) is 23.6 Å². The predicted molar refractivity (Wildman–Crippen MR) is 130 cm³/mol. The van der Waals surface area contributed by atoms with Crippen LogP contribution in [0.15, 0.2) is 78.9 Å². The fourth-order valence-corrected chi connectivity index (χ4v) is 4.45. The average molecular weight is 438 g/mol. The summed E-state index contributed by atoms with van der Waals surface area (Å²) < 4.78 is 14.4. The number of aromatic amines is 1. The number of hydrogen-bond acceptors (Lipinski definition) is 2. The van der Waals surface area contributed by atoms with Crippen molar-refractivity contribution < 1.29 is 9.18 Å². The van der Waals surface area contributed by atoms with Crippen LogP contribution in [0.25, 0.3) is 28.1 Å². The summed E-state index contributed by atoms with van der Waals surface area (Å²) in [6, 6.07) is 24.2. The highest BCUT2D eigenvalue weighted by atomic mass is 19.1. The molecule has 0 radical (unpaired) electrons. The van der Waals surface area contributed by atoms with Gasteiger partial charge in [-0.2, -0.15) is 9.49 Å². The minimum absolute atomic E-state index is 0.428. The summed E-state index contributed by atoms with van der Waals surface area (Å²) in [7, 11) is 0. The number of H-pyrrole nitrogens is 1. The molecule has 0 unspecified atom stereocenters. The molecule has 0 bridgehead atoms. The summed E-state index contributed by atoms with van der Waals surface area (Å²) in [5.74, 6) is -0.462. The summed E-state index contributed by atoms with van der Waals surface area (Å²) >= 11 is 0. The van der Waals surface area contributed by atoms with Gasteiger partial charge >= 0.3 is 0 Å². The molecule has 33 heavy (non-hydrogen) atoms. The first kappa shape index (κ1) is 20.9. The van der Waals surface area contributed by atoms with E-state index in [0.29, 0.717) is 16.8 Å². The van der Waals surface area contributed by atoms with Crippen molar-refractivity contribution >= 4 is 34.0 Å². The van der Waals surface area contributed by atoms with Crippen LogP contribution in [0.2, 0.25) is 0 Å². The number of nitrogens with two attached hydrogens (primary N) is 1. The smallest absolute Gasteiger partial charge is 0.241 e. The van der Waals surface area contributed by atoms with E-state index in [9.17, 15) is 9.18 Å². The normalized spacial score (nSPS) is 14.9. The fraction of sp³-hybridized carbons (Fsp3) is 0.143. The molecule has 0 atom stereocenters. The van der Waals surface area contributed by atoms with Gasteiger partial charge in [0.2, 0.25) is 11.9 Å². The van der Waals surface area contributed by atoms with E-state index in [1.807, 2.05) is 48.5 Å². The maximum Gasteiger partial charge on any atom is 0.241 e. The third-order valence-electron chi connectivity index (χ3n) is 6.30. The Hall–Kier alpha value is -3.99. The number of amides is 1. The van der Waals surface area contributed by atoms with Gasteiger partial charge in [0.25, 0.3) is 0 Å². The van der Waals surface area contributed by atoms with Crippen LogP contribution >= 0.6 is 0 Å². The number of benzene rings is 3. The Morgan fingerprint density at radius 3 is 2.36 bits per heavy atom. The molecule has 1 aliphatic rings. The van der Waals surface area contributed by atoms with E-state index < -0.39 is 11.9 Å². The van der Waals surface area contributed by atoms with Crippen molar-refractivity contribution in [2.45, 2.75) is 19.3 Å². The zero-order chi connectivity index (χ0) is 22.8. The van der Waals surface area contributed by atoms with Crippen molar-refractivity contribution in [3.63, 3.8) is 0 Å². The molecule has 1 amide bonds. The van der Waals surface area contributed by atoms with E-state index >= 15 is 0 Å². The third kappa shape index (κ3) is 4.22. The van der Waals surface area contributed by atoms with Gasteiger partial charge in [0.05, 0.1) is 10.9 Å². The molecule has 4 nitrogen and oxygen atoms in total. The minimum Gasteiger partial charge on any atom is -0.366 e. The second kappa shape index (κ2) is 8.87. The lowest BCUT2D eigenvalue weighted by molar-refractivity contribution is -0.113. The fourth-order valence-electron chi connectivity index (χ4n) is 4.45. The molecule has 0 aliphatic heterocycles. The lowest BCUT2D eigenvalue weighted by Crippen LogP contribution is -2.15. The second-order valence-electron chi connectivity index (χ2n) is 8.41. The average Bonchev–Trinajstić information content (AvgIpc) is 3.17. The van der Waals surface area contributed by atoms with E-state index in [2.05, 4.69) is 34.5 Å². The van der Waals surface area contributed by atoms with Crippen molar-refractivity contribution in [1.82, 2.24) is 10.2 Å². The summed E-state index contributed by atoms with van der Waals surface area (Å²) in [6.07, 6.45) is 6.53. The van der Waals surface area contributed by atoms with Gasteiger partial charge < -0.3 is 5.73 Å². The standard InChI is InChI=1S/C28H24FN3O/c29-28-23-17-22(14-15-24(23)31-32-28)27(21-12-9-18(10-13-21)11-16-25(30)33)26(20-7-4-8-20)19-5-2-1-3-6-19/h1-3,5-6,9-17,20H,4,7-8H2,(H2,30,33)(H,31,32)/b16-11?,27-26-. The predicted octanol–water partition coefficient (Wildman–Crippen LogP) is 5.96. The number of allylic oxidation sites excluding steroid dienone is 1. The monoisotopic (exact) mass is 437 g/mol. The van der Waals surface area contributed by atoms with Crippen LogP contribution in [-0.2, 0) is 4.79 Å². The number of nitrogens with zero attached hydrogens (tertiary/aromatic N) is 1. The van der Waals surface area contributed by atoms with E-state index in [0.717, 1.165) is 35.1 Å². The van der Waals surface area contributed by atoms with Gasteiger partial charge in [0, 0.05) is 6.08 Å². The first-order chi connectivity index (χ1) is 16.1. The molecule has 0 saturated heterocycles.